The first-order valence-electron chi connectivity index (χ1n) is 6.64. The molecule has 2 aromatic carbocycles. The Morgan fingerprint density at radius 2 is 1.63 bits per heavy atom. The predicted molar refractivity (Wildman–Crippen MR) is 83.8 cm³/mol. The molecule has 0 saturated heterocycles. The molecule has 0 atom stereocenters. The van der Waals surface area contributed by atoms with E-state index in [1.54, 1.807) is 0 Å². The van der Waals surface area contributed by atoms with Gasteiger partial charge in [-0.2, -0.15) is 0 Å². The molecule has 2 rings (SSSR count). The van der Waals surface area contributed by atoms with Gasteiger partial charge in [-0.3, -0.25) is 0 Å². The molecule has 0 amide bonds. The summed E-state index contributed by atoms with van der Waals surface area (Å²) in [6, 6.07) is 16.8. The molecule has 0 heterocycles. The number of halogens is 1. The van der Waals surface area contributed by atoms with Crippen LogP contribution in [0.25, 0.3) is 0 Å². The van der Waals surface area contributed by atoms with Gasteiger partial charge in [0, 0.05) is 4.47 Å². The number of hydrogen-bond acceptors (Lipinski definition) is 1. The molecular weight excluding hydrogens is 300 g/mol. The van der Waals surface area contributed by atoms with Gasteiger partial charge in [0.25, 0.3) is 0 Å². The predicted octanol–water partition coefficient (Wildman–Crippen LogP) is 5.02. The SMILES string of the molecule is CC(C)Oc1ccc(CCc2ccccc2Br)cc1. The topological polar surface area (TPSA) is 9.23 Å². The van der Waals surface area contributed by atoms with Crippen LogP contribution in [0.4, 0.5) is 0 Å². The van der Waals surface area contributed by atoms with Crippen molar-refractivity contribution in [1.29, 1.82) is 0 Å². The van der Waals surface area contributed by atoms with Crippen molar-refractivity contribution in [2.24, 2.45) is 0 Å². The third kappa shape index (κ3) is 4.39. The van der Waals surface area contributed by atoms with E-state index in [1.807, 2.05) is 19.9 Å². The van der Waals surface area contributed by atoms with E-state index >= 15 is 0 Å². The van der Waals surface area contributed by atoms with Crippen LogP contribution in [0.15, 0.2) is 53.0 Å². The van der Waals surface area contributed by atoms with Crippen molar-refractivity contribution in [2.45, 2.75) is 32.8 Å². The Morgan fingerprint density at radius 3 is 2.26 bits per heavy atom. The summed E-state index contributed by atoms with van der Waals surface area (Å²) in [7, 11) is 0. The molecule has 1 nitrogen and oxygen atoms in total. The zero-order chi connectivity index (χ0) is 13.7. The maximum atomic E-state index is 5.64. The molecule has 0 spiro atoms. The minimum Gasteiger partial charge on any atom is -0.491 e. The minimum atomic E-state index is 0.228. The van der Waals surface area contributed by atoms with Crippen molar-refractivity contribution in [2.75, 3.05) is 0 Å². The van der Waals surface area contributed by atoms with Gasteiger partial charge in [-0.1, -0.05) is 46.3 Å². The molecule has 0 saturated carbocycles. The van der Waals surface area contributed by atoms with Crippen molar-refractivity contribution in [1.82, 2.24) is 0 Å². The van der Waals surface area contributed by atoms with Gasteiger partial charge in [0.2, 0.25) is 0 Å². The Balaban J connectivity index is 1.95. The first kappa shape index (κ1) is 14.1. The molecule has 0 aliphatic rings. The molecule has 19 heavy (non-hydrogen) atoms. The van der Waals surface area contributed by atoms with Gasteiger partial charge >= 0.3 is 0 Å². The summed E-state index contributed by atoms with van der Waals surface area (Å²) in [6.45, 7) is 4.09. The molecule has 0 fully saturated rings. The van der Waals surface area contributed by atoms with Gasteiger partial charge < -0.3 is 4.74 Å². The zero-order valence-corrected chi connectivity index (χ0v) is 13.0. The largest absolute Gasteiger partial charge is 0.491 e. The molecule has 0 aliphatic carbocycles. The lowest BCUT2D eigenvalue weighted by atomic mass is 10.0. The molecule has 2 heteroatoms. The Hall–Kier alpha value is -1.28. The lowest BCUT2D eigenvalue weighted by Crippen LogP contribution is -2.05. The third-order valence-corrected chi connectivity index (χ3v) is 3.71. The molecule has 0 radical (unpaired) electrons. The summed E-state index contributed by atoms with van der Waals surface area (Å²) in [5.41, 5.74) is 2.69. The fourth-order valence-corrected chi connectivity index (χ4v) is 2.47. The molecule has 0 bridgehead atoms. The van der Waals surface area contributed by atoms with Crippen LogP contribution in [0.3, 0.4) is 0 Å². The first-order valence-corrected chi connectivity index (χ1v) is 7.43. The monoisotopic (exact) mass is 318 g/mol. The molecule has 0 N–H and O–H groups in total. The maximum Gasteiger partial charge on any atom is 0.119 e. The highest BCUT2D eigenvalue weighted by atomic mass is 79.9. The fourth-order valence-electron chi connectivity index (χ4n) is 1.99. The van der Waals surface area contributed by atoms with Gasteiger partial charge in [0.15, 0.2) is 0 Å². The van der Waals surface area contributed by atoms with E-state index in [-0.39, 0.29) is 6.10 Å². The van der Waals surface area contributed by atoms with Crippen molar-refractivity contribution in [3.05, 3.63) is 64.1 Å². The van der Waals surface area contributed by atoms with E-state index in [2.05, 4.69) is 58.4 Å². The maximum absolute atomic E-state index is 5.64. The third-order valence-electron chi connectivity index (χ3n) is 2.94. The van der Waals surface area contributed by atoms with Gasteiger partial charge in [-0.25, -0.2) is 0 Å². The van der Waals surface area contributed by atoms with Gasteiger partial charge in [-0.15, -0.1) is 0 Å². The first-order chi connectivity index (χ1) is 9.15. The second-order valence-corrected chi connectivity index (χ2v) is 5.76. The molecular formula is C17H19BrO. The van der Waals surface area contributed by atoms with Gasteiger partial charge in [0.05, 0.1) is 6.10 Å². The Bertz CT molecular complexity index is 517. The van der Waals surface area contributed by atoms with Crippen molar-refractivity contribution in [3.63, 3.8) is 0 Å². The smallest absolute Gasteiger partial charge is 0.119 e. The Morgan fingerprint density at radius 1 is 0.947 bits per heavy atom. The summed E-state index contributed by atoms with van der Waals surface area (Å²) < 4.78 is 6.83. The number of rotatable bonds is 5. The van der Waals surface area contributed by atoms with E-state index in [1.165, 1.54) is 15.6 Å². The summed E-state index contributed by atoms with van der Waals surface area (Å²) in [4.78, 5) is 0. The second kappa shape index (κ2) is 6.76. The standard InChI is InChI=1S/C17H19BrO/c1-13(2)19-16-11-8-14(9-12-16)7-10-15-5-3-4-6-17(15)18/h3-6,8-9,11-13H,7,10H2,1-2H3. The van der Waals surface area contributed by atoms with Crippen molar-refractivity contribution >= 4 is 15.9 Å². The van der Waals surface area contributed by atoms with Gasteiger partial charge in [-0.05, 0) is 56.0 Å². The average Bonchev–Trinajstić information content (AvgIpc) is 2.39. The Labute approximate surface area is 123 Å². The van der Waals surface area contributed by atoms with Gasteiger partial charge in [0.1, 0.15) is 5.75 Å². The highest BCUT2D eigenvalue weighted by Crippen LogP contribution is 2.19. The lowest BCUT2D eigenvalue weighted by Gasteiger charge is -2.10. The van der Waals surface area contributed by atoms with E-state index in [9.17, 15) is 0 Å². The molecule has 100 valence electrons. The van der Waals surface area contributed by atoms with Crippen LogP contribution in [-0.2, 0) is 12.8 Å². The van der Waals surface area contributed by atoms with Crippen LogP contribution >= 0.6 is 15.9 Å². The van der Waals surface area contributed by atoms with E-state index in [0.29, 0.717) is 0 Å². The average molecular weight is 319 g/mol. The van der Waals surface area contributed by atoms with Crippen LogP contribution in [-0.4, -0.2) is 6.10 Å². The summed E-state index contributed by atoms with van der Waals surface area (Å²) in [5, 5.41) is 0. The number of aryl methyl sites for hydroxylation is 2. The van der Waals surface area contributed by atoms with Crippen molar-refractivity contribution < 1.29 is 4.74 Å². The quantitative estimate of drug-likeness (QED) is 0.752. The van der Waals surface area contributed by atoms with E-state index in [0.717, 1.165) is 18.6 Å². The lowest BCUT2D eigenvalue weighted by molar-refractivity contribution is 0.242. The number of hydrogen-bond donors (Lipinski definition) is 0. The van der Waals surface area contributed by atoms with Crippen molar-refractivity contribution in [3.8, 4) is 5.75 Å². The van der Waals surface area contributed by atoms with Crippen LogP contribution < -0.4 is 4.74 Å². The van der Waals surface area contributed by atoms with E-state index < -0.39 is 0 Å². The highest BCUT2D eigenvalue weighted by Gasteiger charge is 2.01. The summed E-state index contributed by atoms with van der Waals surface area (Å²) >= 11 is 3.59. The molecule has 2 aromatic rings. The Kier molecular flexibility index (Phi) is 5.03. The van der Waals surface area contributed by atoms with Crippen LogP contribution in [0.1, 0.15) is 25.0 Å². The van der Waals surface area contributed by atoms with Crippen LogP contribution in [0.2, 0.25) is 0 Å². The second-order valence-electron chi connectivity index (χ2n) is 4.90. The zero-order valence-electron chi connectivity index (χ0n) is 11.4. The number of benzene rings is 2. The summed E-state index contributed by atoms with van der Waals surface area (Å²) in [5.74, 6) is 0.944. The van der Waals surface area contributed by atoms with Crippen LogP contribution in [0.5, 0.6) is 5.75 Å². The summed E-state index contributed by atoms with van der Waals surface area (Å²) in [6.07, 6.45) is 2.32. The molecule has 0 aromatic heterocycles. The van der Waals surface area contributed by atoms with Crippen LogP contribution in [0, 0.1) is 0 Å². The minimum absolute atomic E-state index is 0.228. The molecule has 0 aliphatic heterocycles. The normalized spacial score (nSPS) is 10.7. The fraction of sp³-hybridized carbons (Fsp3) is 0.294. The molecule has 0 unspecified atom stereocenters. The number of ether oxygens (including phenoxy) is 1. The highest BCUT2D eigenvalue weighted by molar-refractivity contribution is 9.10. The van der Waals surface area contributed by atoms with E-state index in [4.69, 9.17) is 4.74 Å².